The predicted octanol–water partition coefficient (Wildman–Crippen LogP) is 0.221. The maximum atomic E-state index is 12.0. The molecule has 0 aromatic carbocycles. The highest BCUT2D eigenvalue weighted by molar-refractivity contribution is 5.86. The summed E-state index contributed by atoms with van der Waals surface area (Å²) < 4.78 is 0. The number of likely N-dealkylation sites (N-methyl/N-ethyl adjacent to an activating group) is 1. The number of hydrogen-bond acceptors (Lipinski definition) is 12. The Balaban J connectivity index is 1.92. The molecule has 0 aliphatic rings. The van der Waals surface area contributed by atoms with Gasteiger partial charge in [-0.15, -0.1) is 0 Å². The van der Waals surface area contributed by atoms with Gasteiger partial charge in [-0.05, 0) is 25.1 Å². The van der Waals surface area contributed by atoms with Gasteiger partial charge in [-0.1, -0.05) is 19.4 Å². The zero-order chi connectivity index (χ0) is 27.0. The first-order chi connectivity index (χ1) is 17.9. The summed E-state index contributed by atoms with van der Waals surface area (Å²) in [5.41, 5.74) is 7.42. The molecule has 204 valence electrons. The number of nitrogen functional groups attached to an aromatic ring is 1. The van der Waals surface area contributed by atoms with Crippen LogP contribution in [-0.4, -0.2) is 85.6 Å². The molecule has 0 fully saturated rings. The Labute approximate surface area is 217 Å². The van der Waals surface area contributed by atoms with Crippen LogP contribution in [0, 0.1) is 0 Å². The lowest BCUT2D eigenvalue weighted by Gasteiger charge is -2.21. The van der Waals surface area contributed by atoms with Crippen molar-refractivity contribution in [2.24, 2.45) is 5.90 Å². The van der Waals surface area contributed by atoms with Gasteiger partial charge in [-0.3, -0.25) is 19.3 Å². The van der Waals surface area contributed by atoms with E-state index in [0.717, 1.165) is 24.9 Å². The first-order valence-electron chi connectivity index (χ1n) is 12.2. The fourth-order valence-corrected chi connectivity index (χ4v) is 3.35. The maximum Gasteiger partial charge on any atom is 0.248 e. The average molecular weight is 518 g/mol. The van der Waals surface area contributed by atoms with Crippen molar-refractivity contribution in [3.8, 4) is 0 Å². The van der Waals surface area contributed by atoms with Crippen LogP contribution in [0.4, 0.5) is 29.1 Å². The van der Waals surface area contributed by atoms with Crippen molar-refractivity contribution in [1.29, 1.82) is 0 Å². The first kappa shape index (κ1) is 29.5. The Hall–Kier alpha value is -3.75. The third kappa shape index (κ3) is 10.0. The smallest absolute Gasteiger partial charge is 0.248 e. The molecule has 0 saturated carbocycles. The van der Waals surface area contributed by atoms with E-state index in [2.05, 4.69) is 52.9 Å². The number of rotatable bonds is 18. The third-order valence-electron chi connectivity index (χ3n) is 5.39. The van der Waals surface area contributed by atoms with Crippen molar-refractivity contribution in [3.63, 3.8) is 0 Å². The standard InChI is InChI=1S/C23H39N11O3/c1-4-5-8-29-23-31-21(24)20(26-2)22(32-23)34(16-35)14-17-6-7-18(30-13-17)27-9-11-33(3)12-10-28-19(36)15-37-25/h6-7,13,16,26H,4-5,8-12,14-15,25H2,1-3H3,(H,27,30)(H,28,36)(H3,24,29,31,32). The van der Waals surface area contributed by atoms with Gasteiger partial charge >= 0.3 is 0 Å². The van der Waals surface area contributed by atoms with Gasteiger partial charge in [0, 0.05) is 46.0 Å². The van der Waals surface area contributed by atoms with Crippen LogP contribution < -0.4 is 37.8 Å². The summed E-state index contributed by atoms with van der Waals surface area (Å²) >= 11 is 0. The molecule has 0 saturated heterocycles. The van der Waals surface area contributed by atoms with Crippen LogP contribution in [0.3, 0.4) is 0 Å². The molecule has 0 radical (unpaired) electrons. The van der Waals surface area contributed by atoms with Crippen LogP contribution in [0.25, 0.3) is 0 Å². The Morgan fingerprint density at radius 1 is 1.16 bits per heavy atom. The quantitative estimate of drug-likeness (QED) is 0.0898. The Morgan fingerprint density at radius 2 is 1.95 bits per heavy atom. The topological polar surface area (TPSA) is 189 Å². The molecule has 0 aliphatic carbocycles. The molecule has 2 aromatic heterocycles. The van der Waals surface area contributed by atoms with Crippen LogP contribution in [0.2, 0.25) is 0 Å². The summed E-state index contributed by atoms with van der Waals surface area (Å²) in [4.78, 5) is 44.4. The zero-order valence-electron chi connectivity index (χ0n) is 21.8. The van der Waals surface area contributed by atoms with E-state index in [4.69, 9.17) is 11.6 Å². The lowest BCUT2D eigenvalue weighted by Crippen LogP contribution is -2.36. The fraction of sp³-hybridized carbons (Fsp3) is 0.522. The highest BCUT2D eigenvalue weighted by atomic mass is 16.6. The molecule has 0 atom stereocenters. The molecule has 0 bridgehead atoms. The van der Waals surface area contributed by atoms with Crippen molar-refractivity contribution in [3.05, 3.63) is 23.9 Å². The molecule has 37 heavy (non-hydrogen) atoms. The number of carbonyl (C=O) groups is 2. The molecule has 0 unspecified atom stereocenters. The number of nitrogens with two attached hydrogens (primary N) is 2. The molecular formula is C23H39N11O3. The van der Waals surface area contributed by atoms with Crippen molar-refractivity contribution in [1.82, 2.24) is 25.2 Å². The number of anilines is 5. The van der Waals surface area contributed by atoms with E-state index in [1.54, 1.807) is 13.2 Å². The lowest BCUT2D eigenvalue weighted by molar-refractivity contribution is -0.125. The minimum atomic E-state index is -0.249. The van der Waals surface area contributed by atoms with E-state index in [1.807, 2.05) is 19.2 Å². The van der Waals surface area contributed by atoms with Crippen LogP contribution in [0.15, 0.2) is 18.3 Å². The Kier molecular flexibility index (Phi) is 12.8. The van der Waals surface area contributed by atoms with Crippen LogP contribution in [-0.2, 0) is 21.0 Å². The first-order valence-corrected chi connectivity index (χ1v) is 12.2. The minimum absolute atomic E-state index is 0.154. The second-order valence-corrected chi connectivity index (χ2v) is 8.34. The SMILES string of the molecule is CCCCNc1nc(N)c(NC)c(N(C=O)Cc2ccc(NCCN(C)CCNC(=O)CON)nc2)n1. The van der Waals surface area contributed by atoms with E-state index in [9.17, 15) is 9.59 Å². The number of unbranched alkanes of at least 4 members (excludes halogenated alkanes) is 1. The number of nitrogens with one attached hydrogen (secondary N) is 4. The van der Waals surface area contributed by atoms with Gasteiger partial charge in [-0.2, -0.15) is 9.97 Å². The van der Waals surface area contributed by atoms with Crippen LogP contribution in [0.1, 0.15) is 25.3 Å². The molecular weight excluding hydrogens is 478 g/mol. The highest BCUT2D eigenvalue weighted by Gasteiger charge is 2.18. The molecule has 0 spiro atoms. The van der Waals surface area contributed by atoms with Crippen molar-refractivity contribution >= 4 is 41.4 Å². The number of nitrogens with zero attached hydrogens (tertiary/aromatic N) is 5. The van der Waals surface area contributed by atoms with Gasteiger partial charge in [-0.25, -0.2) is 10.9 Å². The normalized spacial score (nSPS) is 10.7. The molecule has 8 N–H and O–H groups in total. The van der Waals surface area contributed by atoms with E-state index in [1.165, 1.54) is 4.90 Å². The fourth-order valence-electron chi connectivity index (χ4n) is 3.35. The highest BCUT2D eigenvalue weighted by Crippen LogP contribution is 2.30. The number of pyridine rings is 1. The van der Waals surface area contributed by atoms with Gasteiger partial charge in [0.2, 0.25) is 18.3 Å². The van der Waals surface area contributed by atoms with Crippen molar-refractivity contribution < 1.29 is 14.4 Å². The second kappa shape index (κ2) is 16.1. The maximum absolute atomic E-state index is 12.0. The molecule has 2 amide bonds. The molecule has 2 heterocycles. The Morgan fingerprint density at radius 3 is 2.59 bits per heavy atom. The second-order valence-electron chi connectivity index (χ2n) is 8.34. The van der Waals surface area contributed by atoms with Gasteiger partial charge in [0.1, 0.15) is 18.1 Å². The summed E-state index contributed by atoms with van der Waals surface area (Å²) in [5.74, 6) is 6.36. The van der Waals surface area contributed by atoms with E-state index >= 15 is 0 Å². The summed E-state index contributed by atoms with van der Waals surface area (Å²) in [7, 11) is 3.67. The van der Waals surface area contributed by atoms with Crippen LogP contribution >= 0.6 is 0 Å². The summed E-state index contributed by atoms with van der Waals surface area (Å²) in [6.45, 7) is 5.53. The number of hydrogen-bond donors (Lipinski definition) is 6. The zero-order valence-corrected chi connectivity index (χ0v) is 21.8. The molecule has 0 aliphatic heterocycles. The summed E-state index contributed by atoms with van der Waals surface area (Å²) in [6.07, 6.45) is 4.42. The molecule has 2 aromatic rings. The van der Waals surface area contributed by atoms with Gasteiger partial charge in [0.05, 0.1) is 6.54 Å². The minimum Gasteiger partial charge on any atom is -0.382 e. The van der Waals surface area contributed by atoms with Gasteiger partial charge in [0.25, 0.3) is 0 Å². The largest absolute Gasteiger partial charge is 0.382 e. The van der Waals surface area contributed by atoms with Crippen LogP contribution in [0.5, 0.6) is 0 Å². The summed E-state index contributed by atoms with van der Waals surface area (Å²) in [6, 6.07) is 3.75. The molecule has 2 rings (SSSR count). The molecule has 14 nitrogen and oxygen atoms in total. The van der Waals surface area contributed by atoms with E-state index < -0.39 is 0 Å². The number of amides is 2. The number of aromatic nitrogens is 3. The Bertz CT molecular complexity index is 975. The lowest BCUT2D eigenvalue weighted by atomic mass is 10.2. The predicted molar refractivity (Wildman–Crippen MR) is 145 cm³/mol. The van der Waals surface area contributed by atoms with E-state index in [0.29, 0.717) is 55.9 Å². The van der Waals surface area contributed by atoms with Crippen molar-refractivity contribution in [2.45, 2.75) is 26.3 Å². The van der Waals surface area contributed by atoms with Gasteiger partial charge in [0.15, 0.2) is 11.6 Å². The number of carbonyl (C=O) groups excluding carboxylic acids is 2. The third-order valence-corrected chi connectivity index (χ3v) is 5.39. The van der Waals surface area contributed by atoms with Gasteiger partial charge < -0.3 is 31.9 Å². The summed E-state index contributed by atoms with van der Waals surface area (Å²) in [5, 5.41) is 12.1. The van der Waals surface area contributed by atoms with Crippen molar-refractivity contribution in [2.75, 3.05) is 80.0 Å². The molecule has 14 heteroatoms. The average Bonchev–Trinajstić information content (AvgIpc) is 2.88. The van der Waals surface area contributed by atoms with E-state index in [-0.39, 0.29) is 24.9 Å². The monoisotopic (exact) mass is 517 g/mol.